The van der Waals surface area contributed by atoms with Crippen LogP contribution in [0.1, 0.15) is 31.1 Å². The second-order valence-corrected chi connectivity index (χ2v) is 4.26. The number of esters is 2. The third-order valence-corrected chi connectivity index (χ3v) is 2.96. The first-order valence-electron chi connectivity index (χ1n) is 5.97. The monoisotopic (exact) mass is 284 g/mol. The fraction of sp³-hybridized carbons (Fsp3) is 0. The van der Waals surface area contributed by atoms with Crippen LogP contribution in [0.2, 0.25) is 0 Å². The Kier molecular flexibility index (Phi) is 2.91. The van der Waals surface area contributed by atoms with Gasteiger partial charge in [0.15, 0.2) is 0 Å². The molecule has 6 nitrogen and oxygen atoms in total. The van der Waals surface area contributed by atoms with Crippen LogP contribution >= 0.6 is 0 Å². The Balaban J connectivity index is 2.14. The summed E-state index contributed by atoms with van der Waals surface area (Å²) in [5.41, 5.74) is -0.731. The normalized spacial score (nSPS) is 12.8. The van der Waals surface area contributed by atoms with E-state index in [1.807, 2.05) is 0 Å². The zero-order chi connectivity index (χ0) is 15.0. The average Bonchev–Trinajstić information content (AvgIpc) is 2.74. The number of ether oxygens (including phenoxy) is 2. The Labute approximate surface area is 118 Å². The number of carbonyl (C=O) groups is 3. The summed E-state index contributed by atoms with van der Waals surface area (Å²) in [6, 6.07) is 11.2. The summed E-state index contributed by atoms with van der Waals surface area (Å²) in [6.07, 6.45) is 0. The molecule has 0 bridgehead atoms. The maximum absolute atomic E-state index is 11.6. The maximum atomic E-state index is 11.6. The second-order valence-electron chi connectivity index (χ2n) is 4.26. The fourth-order valence-electron chi connectivity index (χ4n) is 2.07. The minimum atomic E-state index is -1.37. The van der Waals surface area contributed by atoms with Gasteiger partial charge in [0, 0.05) is 0 Å². The predicted molar refractivity (Wildman–Crippen MR) is 69.7 cm³/mol. The van der Waals surface area contributed by atoms with Crippen molar-refractivity contribution in [2.24, 2.45) is 0 Å². The van der Waals surface area contributed by atoms with Crippen LogP contribution in [0.5, 0.6) is 11.5 Å². The second kappa shape index (κ2) is 4.75. The summed E-state index contributed by atoms with van der Waals surface area (Å²) in [7, 11) is 0. The summed E-state index contributed by atoms with van der Waals surface area (Å²) >= 11 is 0. The number of benzene rings is 2. The van der Waals surface area contributed by atoms with Crippen molar-refractivity contribution in [3.8, 4) is 11.5 Å². The van der Waals surface area contributed by atoms with Gasteiger partial charge in [-0.25, -0.2) is 14.4 Å². The molecule has 2 aromatic carbocycles. The molecule has 0 aromatic heterocycles. The Morgan fingerprint density at radius 1 is 1.00 bits per heavy atom. The number of aromatic carboxylic acids is 1. The Morgan fingerprint density at radius 3 is 2.38 bits per heavy atom. The van der Waals surface area contributed by atoms with Crippen LogP contribution in [0.15, 0.2) is 42.5 Å². The lowest BCUT2D eigenvalue weighted by Crippen LogP contribution is -2.08. The number of hydrogen-bond donors (Lipinski definition) is 1. The minimum Gasteiger partial charge on any atom is -0.478 e. The van der Waals surface area contributed by atoms with Crippen molar-refractivity contribution in [1.82, 2.24) is 0 Å². The highest BCUT2D eigenvalue weighted by atomic mass is 16.6. The van der Waals surface area contributed by atoms with Gasteiger partial charge in [0.05, 0.1) is 11.1 Å². The molecule has 21 heavy (non-hydrogen) atoms. The molecule has 6 heteroatoms. The SMILES string of the molecule is O=C1OC(=O)c2c1ccc(Oc1ccccc1)c2C(=O)O. The quantitative estimate of drug-likeness (QED) is 0.688. The van der Waals surface area contributed by atoms with E-state index in [1.165, 1.54) is 12.1 Å². The lowest BCUT2D eigenvalue weighted by molar-refractivity contribution is 0.0439. The number of carboxylic acids is 1. The molecule has 0 atom stereocenters. The van der Waals surface area contributed by atoms with E-state index in [-0.39, 0.29) is 22.4 Å². The lowest BCUT2D eigenvalue weighted by atomic mass is 10.0. The van der Waals surface area contributed by atoms with Crippen molar-refractivity contribution in [2.75, 3.05) is 0 Å². The number of carboxylic acid groups (broad SMARTS) is 1. The average molecular weight is 284 g/mol. The van der Waals surface area contributed by atoms with Gasteiger partial charge < -0.3 is 14.6 Å². The molecule has 0 spiro atoms. The van der Waals surface area contributed by atoms with Gasteiger partial charge in [0.1, 0.15) is 17.1 Å². The van der Waals surface area contributed by atoms with Gasteiger partial charge in [-0.15, -0.1) is 0 Å². The van der Waals surface area contributed by atoms with Gasteiger partial charge in [-0.3, -0.25) is 0 Å². The molecule has 0 unspecified atom stereocenters. The van der Waals surface area contributed by atoms with E-state index in [9.17, 15) is 19.5 Å². The van der Waals surface area contributed by atoms with Crippen LogP contribution in [0.3, 0.4) is 0 Å². The number of cyclic esters (lactones) is 2. The van der Waals surface area contributed by atoms with Crippen molar-refractivity contribution in [3.63, 3.8) is 0 Å². The first kappa shape index (κ1) is 12.9. The van der Waals surface area contributed by atoms with E-state index in [0.717, 1.165) is 0 Å². The summed E-state index contributed by atoms with van der Waals surface area (Å²) in [6.45, 7) is 0. The molecule has 2 aromatic rings. The molecule has 0 saturated carbocycles. The molecule has 1 aliphatic rings. The first-order valence-corrected chi connectivity index (χ1v) is 5.97. The van der Waals surface area contributed by atoms with Gasteiger partial charge in [-0.05, 0) is 24.3 Å². The Morgan fingerprint density at radius 2 is 1.71 bits per heavy atom. The van der Waals surface area contributed by atoms with Crippen LogP contribution in [-0.4, -0.2) is 23.0 Å². The third-order valence-electron chi connectivity index (χ3n) is 2.96. The number of fused-ring (bicyclic) bond motifs is 1. The number of carbonyl (C=O) groups excluding carboxylic acids is 2. The van der Waals surface area contributed by atoms with Gasteiger partial charge >= 0.3 is 17.9 Å². The molecule has 0 amide bonds. The highest BCUT2D eigenvalue weighted by Gasteiger charge is 2.36. The molecule has 104 valence electrons. The molecule has 3 rings (SSSR count). The number of hydrogen-bond acceptors (Lipinski definition) is 5. The molecule has 0 aliphatic carbocycles. The molecule has 1 N–H and O–H groups in total. The largest absolute Gasteiger partial charge is 0.478 e. The van der Waals surface area contributed by atoms with E-state index in [1.54, 1.807) is 30.3 Å². The summed E-state index contributed by atoms with van der Waals surface area (Å²) in [5.74, 6) is -2.82. The maximum Gasteiger partial charge on any atom is 0.347 e. The third kappa shape index (κ3) is 2.12. The zero-order valence-electron chi connectivity index (χ0n) is 10.5. The number of rotatable bonds is 3. The standard InChI is InChI=1S/C15H8O6/c16-13(17)12-10(20-8-4-2-1-3-5-8)7-6-9-11(12)15(19)21-14(9)18/h1-7H,(H,16,17). The van der Waals surface area contributed by atoms with Crippen molar-refractivity contribution in [2.45, 2.75) is 0 Å². The van der Waals surface area contributed by atoms with E-state index >= 15 is 0 Å². The van der Waals surface area contributed by atoms with E-state index in [2.05, 4.69) is 4.74 Å². The van der Waals surface area contributed by atoms with E-state index in [0.29, 0.717) is 5.75 Å². The van der Waals surface area contributed by atoms with Gasteiger partial charge in [0.2, 0.25) is 0 Å². The molecule has 1 heterocycles. The highest BCUT2D eigenvalue weighted by molar-refractivity contribution is 6.19. The fourth-order valence-corrected chi connectivity index (χ4v) is 2.07. The zero-order valence-corrected chi connectivity index (χ0v) is 10.5. The van der Waals surface area contributed by atoms with Gasteiger partial charge in [-0.1, -0.05) is 18.2 Å². The van der Waals surface area contributed by atoms with Crippen molar-refractivity contribution in [3.05, 3.63) is 59.2 Å². The van der Waals surface area contributed by atoms with Crippen LogP contribution in [0, 0.1) is 0 Å². The molecule has 0 fully saturated rings. The first-order chi connectivity index (χ1) is 10.1. The Hall–Kier alpha value is -3.15. The van der Waals surface area contributed by atoms with E-state index < -0.39 is 17.9 Å². The molecule has 0 saturated heterocycles. The summed E-state index contributed by atoms with van der Waals surface area (Å²) in [5, 5.41) is 9.31. The summed E-state index contributed by atoms with van der Waals surface area (Å²) < 4.78 is 9.91. The topological polar surface area (TPSA) is 89.9 Å². The number of para-hydroxylation sites is 1. The van der Waals surface area contributed by atoms with E-state index in [4.69, 9.17) is 4.74 Å². The van der Waals surface area contributed by atoms with Crippen molar-refractivity contribution in [1.29, 1.82) is 0 Å². The predicted octanol–water partition coefficient (Wildman–Crippen LogP) is 2.49. The molecular weight excluding hydrogens is 276 g/mol. The van der Waals surface area contributed by atoms with Gasteiger partial charge in [-0.2, -0.15) is 0 Å². The Bertz CT molecular complexity index is 763. The van der Waals surface area contributed by atoms with Crippen molar-refractivity contribution >= 4 is 17.9 Å². The molecule has 0 radical (unpaired) electrons. The summed E-state index contributed by atoms with van der Waals surface area (Å²) in [4.78, 5) is 34.5. The molecule has 1 aliphatic heterocycles. The smallest absolute Gasteiger partial charge is 0.347 e. The van der Waals surface area contributed by atoms with Crippen LogP contribution in [0.4, 0.5) is 0 Å². The minimum absolute atomic E-state index is 0.0286. The van der Waals surface area contributed by atoms with Crippen molar-refractivity contribution < 1.29 is 29.0 Å². The van der Waals surface area contributed by atoms with Gasteiger partial charge in [0.25, 0.3) is 0 Å². The molecular formula is C15H8O6. The van der Waals surface area contributed by atoms with Crippen LogP contribution in [-0.2, 0) is 4.74 Å². The van der Waals surface area contributed by atoms with Crippen LogP contribution in [0.25, 0.3) is 0 Å². The van der Waals surface area contributed by atoms with Crippen LogP contribution < -0.4 is 4.74 Å². The highest BCUT2D eigenvalue weighted by Crippen LogP contribution is 2.33. The lowest BCUT2D eigenvalue weighted by Gasteiger charge is -2.10.